The number of piperidine rings is 1. The molecule has 0 unspecified atom stereocenters. The first-order chi connectivity index (χ1) is 12.1. The number of hydrogen-bond acceptors (Lipinski definition) is 5. The molecule has 0 spiro atoms. The van der Waals surface area contributed by atoms with Gasteiger partial charge in [0.1, 0.15) is 5.82 Å². The topological polar surface area (TPSA) is 86.1 Å². The van der Waals surface area contributed by atoms with E-state index in [-0.39, 0.29) is 11.4 Å². The molecule has 1 saturated heterocycles. The molecule has 130 valence electrons. The molecular weight excluding hydrogens is 336 g/mol. The molecule has 1 N–H and O–H groups in total. The molecule has 1 fully saturated rings. The Labute approximate surface area is 148 Å². The predicted octanol–water partition coefficient (Wildman–Crippen LogP) is 2.42. The van der Waals surface area contributed by atoms with E-state index in [2.05, 4.69) is 14.6 Å². The molecule has 1 aliphatic rings. The molecule has 2 aromatic rings. The van der Waals surface area contributed by atoms with Crippen LogP contribution < -0.4 is 9.62 Å². The molecule has 0 aliphatic carbocycles. The van der Waals surface area contributed by atoms with E-state index in [1.54, 1.807) is 6.20 Å². The van der Waals surface area contributed by atoms with Crippen LogP contribution in [-0.2, 0) is 16.6 Å². The number of nitriles is 1. The molecule has 3 rings (SSSR count). The fourth-order valence-corrected chi connectivity index (χ4v) is 3.82. The van der Waals surface area contributed by atoms with Crippen LogP contribution >= 0.6 is 0 Å². The van der Waals surface area contributed by atoms with Gasteiger partial charge < -0.3 is 4.90 Å². The highest BCUT2D eigenvalue weighted by atomic mass is 32.2. The Bertz CT molecular complexity index is 849. The Morgan fingerprint density at radius 3 is 2.40 bits per heavy atom. The van der Waals surface area contributed by atoms with Crippen molar-refractivity contribution >= 4 is 15.8 Å². The minimum atomic E-state index is -3.61. The van der Waals surface area contributed by atoms with Crippen LogP contribution in [0.1, 0.15) is 30.4 Å². The van der Waals surface area contributed by atoms with Gasteiger partial charge in [0, 0.05) is 25.8 Å². The predicted molar refractivity (Wildman–Crippen MR) is 95.5 cm³/mol. The van der Waals surface area contributed by atoms with Crippen LogP contribution in [0.4, 0.5) is 5.82 Å². The Morgan fingerprint density at radius 2 is 1.80 bits per heavy atom. The summed E-state index contributed by atoms with van der Waals surface area (Å²) in [6.45, 7) is 2.23. The molecule has 0 bridgehead atoms. The third-order valence-corrected chi connectivity index (χ3v) is 5.67. The van der Waals surface area contributed by atoms with E-state index in [1.807, 2.05) is 18.2 Å². The van der Waals surface area contributed by atoms with E-state index in [0.29, 0.717) is 5.56 Å². The number of anilines is 1. The van der Waals surface area contributed by atoms with Crippen LogP contribution in [-0.4, -0.2) is 26.5 Å². The first-order valence-electron chi connectivity index (χ1n) is 8.28. The standard InChI is InChI=1S/C18H20N4O2S/c19-12-15-4-7-17(8-5-15)25(23,24)21-14-16-6-9-18(20-13-16)22-10-2-1-3-11-22/h4-9,13,21H,1-3,10-11,14H2. The molecule has 0 atom stereocenters. The Hall–Kier alpha value is -2.43. The maximum Gasteiger partial charge on any atom is 0.240 e. The molecule has 0 radical (unpaired) electrons. The second-order valence-corrected chi connectivity index (χ2v) is 7.80. The Morgan fingerprint density at radius 1 is 1.08 bits per heavy atom. The third kappa shape index (κ3) is 4.35. The molecular formula is C18H20N4O2S. The third-order valence-electron chi connectivity index (χ3n) is 4.25. The van der Waals surface area contributed by atoms with Crippen LogP contribution in [0.25, 0.3) is 0 Å². The van der Waals surface area contributed by atoms with Crippen molar-refractivity contribution in [2.45, 2.75) is 30.7 Å². The number of pyridine rings is 1. The van der Waals surface area contributed by atoms with Crippen molar-refractivity contribution in [3.05, 3.63) is 53.7 Å². The molecule has 6 nitrogen and oxygen atoms in total. The van der Waals surface area contributed by atoms with E-state index in [4.69, 9.17) is 5.26 Å². The number of nitrogens with zero attached hydrogens (tertiary/aromatic N) is 3. The summed E-state index contributed by atoms with van der Waals surface area (Å²) in [4.78, 5) is 6.85. The molecule has 0 saturated carbocycles. The smallest absolute Gasteiger partial charge is 0.240 e. The van der Waals surface area contributed by atoms with E-state index in [9.17, 15) is 8.42 Å². The summed E-state index contributed by atoms with van der Waals surface area (Å²) in [5.41, 5.74) is 1.23. The van der Waals surface area contributed by atoms with E-state index >= 15 is 0 Å². The van der Waals surface area contributed by atoms with Crippen molar-refractivity contribution < 1.29 is 8.42 Å². The summed E-state index contributed by atoms with van der Waals surface area (Å²) in [5.74, 6) is 0.943. The van der Waals surface area contributed by atoms with Crippen molar-refractivity contribution in [2.75, 3.05) is 18.0 Å². The number of hydrogen-bond donors (Lipinski definition) is 1. The van der Waals surface area contributed by atoms with Crippen LogP contribution in [0.3, 0.4) is 0 Å². The van der Waals surface area contributed by atoms with Crippen molar-refractivity contribution in [1.82, 2.24) is 9.71 Å². The van der Waals surface area contributed by atoms with Gasteiger partial charge in [-0.25, -0.2) is 18.1 Å². The summed E-state index contributed by atoms with van der Waals surface area (Å²) in [6, 6.07) is 11.6. The van der Waals surface area contributed by atoms with Gasteiger partial charge in [-0.1, -0.05) is 6.07 Å². The van der Waals surface area contributed by atoms with E-state index in [1.165, 1.54) is 43.5 Å². The number of nitrogens with one attached hydrogen (secondary N) is 1. The minimum Gasteiger partial charge on any atom is -0.357 e. The molecule has 1 aliphatic heterocycles. The molecule has 7 heteroatoms. The highest BCUT2D eigenvalue weighted by molar-refractivity contribution is 7.89. The van der Waals surface area contributed by atoms with Crippen LogP contribution in [0, 0.1) is 11.3 Å². The molecule has 1 aromatic heterocycles. The summed E-state index contributed by atoms with van der Waals surface area (Å²) in [5, 5.41) is 8.77. The van der Waals surface area contributed by atoms with Gasteiger partial charge in [-0.05, 0) is 55.2 Å². The number of rotatable bonds is 5. The fraction of sp³-hybridized carbons (Fsp3) is 0.333. The van der Waals surface area contributed by atoms with Gasteiger partial charge in [0.2, 0.25) is 10.0 Å². The summed E-state index contributed by atoms with van der Waals surface area (Å²) in [6.07, 6.45) is 5.36. The van der Waals surface area contributed by atoms with Gasteiger partial charge in [0.15, 0.2) is 0 Å². The Kier molecular flexibility index (Phi) is 5.31. The second-order valence-electron chi connectivity index (χ2n) is 6.03. The number of benzene rings is 1. The van der Waals surface area contributed by atoms with Crippen LogP contribution in [0.5, 0.6) is 0 Å². The van der Waals surface area contributed by atoms with Crippen molar-refractivity contribution in [2.24, 2.45) is 0 Å². The van der Waals surface area contributed by atoms with Crippen LogP contribution in [0.15, 0.2) is 47.5 Å². The van der Waals surface area contributed by atoms with Gasteiger partial charge in [0.25, 0.3) is 0 Å². The van der Waals surface area contributed by atoms with Gasteiger partial charge >= 0.3 is 0 Å². The lowest BCUT2D eigenvalue weighted by molar-refractivity contribution is 0.573. The average molecular weight is 356 g/mol. The maximum atomic E-state index is 12.3. The lowest BCUT2D eigenvalue weighted by Crippen LogP contribution is -2.30. The Balaban J connectivity index is 1.63. The van der Waals surface area contributed by atoms with E-state index < -0.39 is 10.0 Å². The largest absolute Gasteiger partial charge is 0.357 e. The zero-order valence-corrected chi connectivity index (χ0v) is 14.7. The van der Waals surface area contributed by atoms with Gasteiger partial charge in [-0.15, -0.1) is 0 Å². The summed E-state index contributed by atoms with van der Waals surface area (Å²) in [7, 11) is -3.61. The second kappa shape index (κ2) is 7.64. The first-order valence-corrected chi connectivity index (χ1v) is 9.76. The highest BCUT2D eigenvalue weighted by Gasteiger charge is 2.15. The monoisotopic (exact) mass is 356 g/mol. The molecule has 2 heterocycles. The molecule has 0 amide bonds. The van der Waals surface area contributed by atoms with Crippen molar-refractivity contribution in [1.29, 1.82) is 5.26 Å². The SMILES string of the molecule is N#Cc1ccc(S(=O)(=O)NCc2ccc(N3CCCCC3)nc2)cc1. The van der Waals surface area contributed by atoms with E-state index in [0.717, 1.165) is 24.5 Å². The number of aromatic nitrogens is 1. The summed E-state index contributed by atoms with van der Waals surface area (Å²) >= 11 is 0. The van der Waals surface area contributed by atoms with Crippen LogP contribution in [0.2, 0.25) is 0 Å². The molecule has 25 heavy (non-hydrogen) atoms. The maximum absolute atomic E-state index is 12.3. The first kappa shape index (κ1) is 17.4. The van der Waals surface area contributed by atoms with Gasteiger partial charge in [-0.3, -0.25) is 0 Å². The average Bonchev–Trinajstić information content (AvgIpc) is 2.67. The highest BCUT2D eigenvalue weighted by Crippen LogP contribution is 2.18. The molecule has 1 aromatic carbocycles. The fourth-order valence-electron chi connectivity index (χ4n) is 2.80. The van der Waals surface area contributed by atoms with Crippen molar-refractivity contribution in [3.63, 3.8) is 0 Å². The lowest BCUT2D eigenvalue weighted by atomic mass is 10.1. The zero-order valence-electron chi connectivity index (χ0n) is 13.9. The lowest BCUT2D eigenvalue weighted by Gasteiger charge is -2.27. The van der Waals surface area contributed by atoms with Crippen molar-refractivity contribution in [3.8, 4) is 6.07 Å². The number of sulfonamides is 1. The minimum absolute atomic E-state index is 0.143. The van der Waals surface area contributed by atoms with Gasteiger partial charge in [0.05, 0.1) is 16.5 Å². The quantitative estimate of drug-likeness (QED) is 0.889. The van der Waals surface area contributed by atoms with Gasteiger partial charge in [-0.2, -0.15) is 5.26 Å². The summed E-state index contributed by atoms with van der Waals surface area (Å²) < 4.78 is 27.2. The zero-order chi connectivity index (χ0) is 17.7. The normalized spacial score (nSPS) is 14.9.